The number of benzene rings is 2. The molecule has 0 saturated heterocycles. The Labute approximate surface area is 130 Å². The Morgan fingerprint density at radius 3 is 2.50 bits per heavy atom. The maximum atomic E-state index is 5.29. The van der Waals surface area contributed by atoms with E-state index in [4.69, 9.17) is 4.74 Å². The van der Waals surface area contributed by atoms with Crippen LogP contribution in [0.4, 0.5) is 0 Å². The van der Waals surface area contributed by atoms with Crippen LogP contribution in [-0.4, -0.2) is 7.11 Å². The van der Waals surface area contributed by atoms with Crippen LogP contribution in [0.25, 0.3) is 0 Å². The van der Waals surface area contributed by atoms with Crippen LogP contribution in [0.5, 0.6) is 5.75 Å². The van der Waals surface area contributed by atoms with Crippen molar-refractivity contribution in [3.05, 3.63) is 62.7 Å². The summed E-state index contributed by atoms with van der Waals surface area (Å²) in [6.07, 6.45) is 0. The third-order valence-corrected chi connectivity index (χ3v) is 4.89. The highest BCUT2D eigenvalue weighted by molar-refractivity contribution is 14.1. The zero-order chi connectivity index (χ0) is 13.1. The van der Waals surface area contributed by atoms with Crippen molar-refractivity contribution in [1.29, 1.82) is 0 Å². The zero-order valence-electron chi connectivity index (χ0n) is 10.3. The predicted molar refractivity (Wildman–Crippen MR) is 87.7 cm³/mol. The summed E-state index contributed by atoms with van der Waals surface area (Å²) >= 11 is 6.15. The number of rotatable bonds is 3. The second-order valence-corrected chi connectivity index (χ2v) is 6.19. The van der Waals surface area contributed by atoms with Crippen LogP contribution < -0.4 is 4.74 Å². The van der Waals surface area contributed by atoms with Gasteiger partial charge in [-0.1, -0.05) is 46.3 Å². The van der Waals surface area contributed by atoms with Crippen LogP contribution in [-0.2, 0) is 0 Å². The Morgan fingerprint density at radius 2 is 1.89 bits per heavy atom. The summed E-state index contributed by atoms with van der Waals surface area (Å²) in [6, 6.07) is 14.7. The van der Waals surface area contributed by atoms with E-state index in [1.165, 1.54) is 14.7 Å². The number of alkyl halides is 1. The summed E-state index contributed by atoms with van der Waals surface area (Å²) in [5.74, 6) is 0.932. The monoisotopic (exact) mass is 416 g/mol. The van der Waals surface area contributed by atoms with Crippen LogP contribution in [0, 0.1) is 10.5 Å². The normalized spacial score (nSPS) is 12.2. The quantitative estimate of drug-likeness (QED) is 0.500. The van der Waals surface area contributed by atoms with E-state index in [2.05, 4.69) is 81.8 Å². The fourth-order valence-corrected chi connectivity index (χ4v) is 3.73. The minimum Gasteiger partial charge on any atom is -0.496 e. The topological polar surface area (TPSA) is 9.23 Å². The Balaban J connectivity index is 2.37. The first-order valence-electron chi connectivity index (χ1n) is 5.66. The van der Waals surface area contributed by atoms with Gasteiger partial charge in [0.2, 0.25) is 0 Å². The summed E-state index contributed by atoms with van der Waals surface area (Å²) in [4.78, 5) is 0.218. The molecule has 18 heavy (non-hydrogen) atoms. The van der Waals surface area contributed by atoms with E-state index in [0.29, 0.717) is 0 Å². The smallest absolute Gasteiger partial charge is 0.121 e. The van der Waals surface area contributed by atoms with E-state index in [-0.39, 0.29) is 4.83 Å². The molecule has 1 unspecified atom stereocenters. The molecular weight excluding hydrogens is 403 g/mol. The van der Waals surface area contributed by atoms with Crippen LogP contribution in [0.3, 0.4) is 0 Å². The summed E-state index contributed by atoms with van der Waals surface area (Å²) in [5.41, 5.74) is 3.70. The lowest BCUT2D eigenvalue weighted by Gasteiger charge is -2.14. The lowest BCUT2D eigenvalue weighted by molar-refractivity contribution is 0.411. The molecule has 0 N–H and O–H groups in total. The standard InChI is InChI=1S/C15H14BrIO/c1-10-9-11(7-8-14(10)18-2)15(16)12-5-3-4-6-13(12)17/h3-9,15H,1-2H3. The number of methoxy groups -OCH3 is 1. The average molecular weight is 417 g/mol. The van der Waals surface area contributed by atoms with Gasteiger partial charge < -0.3 is 4.74 Å². The van der Waals surface area contributed by atoms with Crippen LogP contribution in [0.1, 0.15) is 21.5 Å². The van der Waals surface area contributed by atoms with Gasteiger partial charge in [0, 0.05) is 3.57 Å². The van der Waals surface area contributed by atoms with E-state index in [1.54, 1.807) is 7.11 Å². The molecule has 0 aromatic heterocycles. The van der Waals surface area contributed by atoms with Crippen molar-refractivity contribution in [3.8, 4) is 5.75 Å². The molecule has 2 aromatic carbocycles. The molecule has 0 heterocycles. The van der Waals surface area contributed by atoms with Gasteiger partial charge in [0.25, 0.3) is 0 Å². The maximum Gasteiger partial charge on any atom is 0.121 e. The minimum absolute atomic E-state index is 0.218. The van der Waals surface area contributed by atoms with Gasteiger partial charge in [0.1, 0.15) is 5.75 Å². The van der Waals surface area contributed by atoms with E-state index in [9.17, 15) is 0 Å². The molecule has 2 aromatic rings. The molecule has 0 amide bonds. The van der Waals surface area contributed by atoms with Gasteiger partial charge in [-0.25, -0.2) is 0 Å². The number of hydrogen-bond acceptors (Lipinski definition) is 1. The molecule has 2 rings (SSSR count). The molecule has 0 aliphatic carbocycles. The fourth-order valence-electron chi connectivity index (χ4n) is 1.92. The van der Waals surface area contributed by atoms with Gasteiger partial charge in [-0.2, -0.15) is 0 Å². The van der Waals surface area contributed by atoms with Crippen molar-refractivity contribution in [1.82, 2.24) is 0 Å². The highest BCUT2D eigenvalue weighted by Gasteiger charge is 2.14. The zero-order valence-corrected chi connectivity index (χ0v) is 14.0. The van der Waals surface area contributed by atoms with Crippen LogP contribution in [0.15, 0.2) is 42.5 Å². The summed E-state index contributed by atoms with van der Waals surface area (Å²) < 4.78 is 6.56. The van der Waals surface area contributed by atoms with Gasteiger partial charge in [-0.3, -0.25) is 0 Å². The number of halogens is 2. The SMILES string of the molecule is COc1ccc(C(Br)c2ccccc2I)cc1C. The average Bonchev–Trinajstić information content (AvgIpc) is 2.38. The first-order valence-corrected chi connectivity index (χ1v) is 7.66. The second-order valence-electron chi connectivity index (χ2n) is 4.11. The third kappa shape index (κ3) is 2.88. The van der Waals surface area contributed by atoms with Gasteiger partial charge in [0.05, 0.1) is 11.9 Å². The summed E-state index contributed by atoms with van der Waals surface area (Å²) in [6.45, 7) is 2.07. The molecule has 3 heteroatoms. The third-order valence-electron chi connectivity index (χ3n) is 2.89. The first kappa shape index (κ1) is 13.9. The molecule has 1 atom stereocenters. The molecule has 94 valence electrons. The molecule has 0 fully saturated rings. The van der Waals surface area contributed by atoms with Crippen molar-refractivity contribution in [2.45, 2.75) is 11.8 Å². The van der Waals surface area contributed by atoms with Crippen molar-refractivity contribution in [2.24, 2.45) is 0 Å². The van der Waals surface area contributed by atoms with Gasteiger partial charge >= 0.3 is 0 Å². The van der Waals surface area contributed by atoms with E-state index < -0.39 is 0 Å². The van der Waals surface area contributed by atoms with Crippen molar-refractivity contribution in [2.75, 3.05) is 7.11 Å². The highest BCUT2D eigenvalue weighted by atomic mass is 127. The molecule has 0 aliphatic heterocycles. The molecule has 0 aliphatic rings. The Bertz CT molecular complexity index is 554. The van der Waals surface area contributed by atoms with Gasteiger partial charge in [-0.05, 0) is 58.3 Å². The molecule has 0 radical (unpaired) electrons. The molecule has 0 spiro atoms. The fraction of sp³-hybridized carbons (Fsp3) is 0.200. The molecule has 1 nitrogen and oxygen atoms in total. The van der Waals surface area contributed by atoms with Crippen molar-refractivity contribution < 1.29 is 4.74 Å². The largest absolute Gasteiger partial charge is 0.496 e. The van der Waals surface area contributed by atoms with Crippen LogP contribution >= 0.6 is 38.5 Å². The van der Waals surface area contributed by atoms with E-state index in [0.717, 1.165) is 11.3 Å². The number of aryl methyl sites for hydroxylation is 1. The van der Waals surface area contributed by atoms with Gasteiger partial charge in [0.15, 0.2) is 0 Å². The van der Waals surface area contributed by atoms with Gasteiger partial charge in [-0.15, -0.1) is 0 Å². The maximum absolute atomic E-state index is 5.29. The summed E-state index contributed by atoms with van der Waals surface area (Å²) in [7, 11) is 1.70. The Kier molecular flexibility index (Phi) is 4.67. The number of hydrogen-bond donors (Lipinski definition) is 0. The summed E-state index contributed by atoms with van der Waals surface area (Å²) in [5, 5.41) is 0. The van der Waals surface area contributed by atoms with Crippen molar-refractivity contribution in [3.63, 3.8) is 0 Å². The van der Waals surface area contributed by atoms with E-state index >= 15 is 0 Å². The molecule has 0 bridgehead atoms. The second kappa shape index (κ2) is 6.06. The molecule has 0 saturated carbocycles. The first-order chi connectivity index (χ1) is 8.63. The lowest BCUT2D eigenvalue weighted by atomic mass is 10.0. The van der Waals surface area contributed by atoms with E-state index in [1.807, 2.05) is 6.07 Å². The Morgan fingerprint density at radius 1 is 1.17 bits per heavy atom. The van der Waals surface area contributed by atoms with Crippen LogP contribution in [0.2, 0.25) is 0 Å². The van der Waals surface area contributed by atoms with Crippen molar-refractivity contribution >= 4 is 38.5 Å². The lowest BCUT2D eigenvalue weighted by Crippen LogP contribution is -1.97. The number of ether oxygens (including phenoxy) is 1. The minimum atomic E-state index is 0.218. The molecular formula is C15H14BrIO. The highest BCUT2D eigenvalue weighted by Crippen LogP contribution is 2.35. The predicted octanol–water partition coefficient (Wildman–Crippen LogP) is 5.09. The Hall–Kier alpha value is -0.550.